The summed E-state index contributed by atoms with van der Waals surface area (Å²) in [5.74, 6) is 1.77. The number of hydrogen-bond donors (Lipinski definition) is 1. The maximum absolute atomic E-state index is 5.96. The monoisotopic (exact) mass is 323 g/mol. The first kappa shape index (κ1) is 15.0. The zero-order chi connectivity index (χ0) is 16.7. The molecule has 0 radical (unpaired) electrons. The van der Waals surface area contributed by atoms with Crippen LogP contribution >= 0.6 is 0 Å². The van der Waals surface area contributed by atoms with E-state index >= 15 is 0 Å². The lowest BCUT2D eigenvalue weighted by molar-refractivity contribution is 0.171. The summed E-state index contributed by atoms with van der Waals surface area (Å²) in [5.41, 5.74) is 11.2. The molecule has 0 aliphatic carbocycles. The van der Waals surface area contributed by atoms with Gasteiger partial charge in [0, 0.05) is 24.2 Å². The average Bonchev–Trinajstić information content (AvgIpc) is 2.99. The Hall–Kier alpha value is -2.53. The van der Waals surface area contributed by atoms with Crippen LogP contribution in [0.5, 0.6) is 11.5 Å². The number of aryl methyl sites for hydroxylation is 1. The highest BCUT2D eigenvalue weighted by Crippen LogP contribution is 2.37. The molecule has 0 saturated carbocycles. The summed E-state index contributed by atoms with van der Waals surface area (Å²) in [6.45, 7) is 5.94. The molecule has 3 aromatic rings. The van der Waals surface area contributed by atoms with Gasteiger partial charge in [0.25, 0.3) is 0 Å². The first-order valence-corrected chi connectivity index (χ1v) is 8.26. The highest BCUT2D eigenvalue weighted by Gasteiger charge is 2.21. The van der Waals surface area contributed by atoms with Crippen molar-refractivity contribution in [3.63, 3.8) is 0 Å². The summed E-state index contributed by atoms with van der Waals surface area (Å²) in [4.78, 5) is 4.87. The quantitative estimate of drug-likeness (QED) is 0.804. The van der Waals surface area contributed by atoms with Gasteiger partial charge < -0.3 is 19.6 Å². The number of aromatic nitrogens is 2. The van der Waals surface area contributed by atoms with Crippen molar-refractivity contribution in [3.05, 3.63) is 47.8 Å². The van der Waals surface area contributed by atoms with E-state index in [1.165, 1.54) is 5.56 Å². The Bertz CT molecular complexity index is 901. The smallest absolute Gasteiger partial charge is 0.162 e. The van der Waals surface area contributed by atoms with Gasteiger partial charge in [-0.15, -0.1) is 0 Å². The zero-order valence-corrected chi connectivity index (χ0v) is 14.0. The van der Waals surface area contributed by atoms with Gasteiger partial charge in [-0.05, 0) is 42.8 Å². The van der Waals surface area contributed by atoms with Crippen LogP contribution in [0.3, 0.4) is 0 Å². The van der Waals surface area contributed by atoms with Crippen LogP contribution < -0.4 is 15.2 Å². The summed E-state index contributed by atoms with van der Waals surface area (Å²) in [6.07, 6.45) is 2.07. The molecule has 0 fully saturated rings. The molecule has 4 rings (SSSR count). The van der Waals surface area contributed by atoms with Gasteiger partial charge in [-0.3, -0.25) is 0 Å². The molecule has 3 heterocycles. The van der Waals surface area contributed by atoms with Crippen LogP contribution in [-0.4, -0.2) is 29.1 Å². The van der Waals surface area contributed by atoms with Crippen molar-refractivity contribution in [2.24, 2.45) is 5.73 Å². The van der Waals surface area contributed by atoms with Crippen molar-refractivity contribution in [3.8, 4) is 22.8 Å². The van der Waals surface area contributed by atoms with E-state index in [2.05, 4.69) is 36.6 Å². The van der Waals surface area contributed by atoms with E-state index in [0.717, 1.165) is 34.1 Å². The number of nitrogens with two attached hydrogens (primary N) is 1. The molecule has 1 atom stereocenters. The summed E-state index contributed by atoms with van der Waals surface area (Å²) >= 11 is 0. The van der Waals surface area contributed by atoms with Gasteiger partial charge in [-0.2, -0.15) is 0 Å². The Morgan fingerprint density at radius 3 is 2.75 bits per heavy atom. The standard InChI is InChI=1S/C19H21N3O2/c1-12-5-6-22-17(9-12)21-18(19(22)13(2)11-20)14-3-4-15-16(10-14)24-8-7-23-15/h3-6,9-10,13H,7-8,11,20H2,1-2H3. The molecule has 5 nitrogen and oxygen atoms in total. The lowest BCUT2D eigenvalue weighted by Gasteiger charge is -2.19. The largest absolute Gasteiger partial charge is 0.486 e. The fourth-order valence-electron chi connectivity index (χ4n) is 3.15. The number of rotatable bonds is 3. The van der Waals surface area contributed by atoms with Crippen molar-refractivity contribution in [1.29, 1.82) is 0 Å². The highest BCUT2D eigenvalue weighted by molar-refractivity contribution is 5.70. The highest BCUT2D eigenvalue weighted by atomic mass is 16.6. The number of ether oxygens (including phenoxy) is 2. The number of nitrogens with zero attached hydrogens (tertiary/aromatic N) is 2. The van der Waals surface area contributed by atoms with Crippen molar-refractivity contribution in [1.82, 2.24) is 9.38 Å². The molecule has 1 aliphatic rings. The predicted molar refractivity (Wildman–Crippen MR) is 93.8 cm³/mol. The second-order valence-corrected chi connectivity index (χ2v) is 6.27. The van der Waals surface area contributed by atoms with E-state index in [-0.39, 0.29) is 5.92 Å². The maximum atomic E-state index is 5.96. The molecular formula is C19H21N3O2. The van der Waals surface area contributed by atoms with E-state index in [4.69, 9.17) is 20.2 Å². The molecule has 0 saturated heterocycles. The first-order valence-electron chi connectivity index (χ1n) is 8.26. The minimum atomic E-state index is 0.200. The van der Waals surface area contributed by atoms with Gasteiger partial charge in [0.15, 0.2) is 11.5 Å². The molecule has 124 valence electrons. The van der Waals surface area contributed by atoms with Crippen molar-refractivity contribution in [2.45, 2.75) is 19.8 Å². The molecule has 1 unspecified atom stereocenters. The normalized spacial score (nSPS) is 14.8. The molecule has 2 N–H and O–H groups in total. The van der Waals surface area contributed by atoms with E-state index in [9.17, 15) is 0 Å². The van der Waals surface area contributed by atoms with Gasteiger partial charge in [-0.25, -0.2) is 4.98 Å². The Balaban J connectivity index is 1.92. The van der Waals surface area contributed by atoms with Gasteiger partial charge in [0.05, 0.1) is 11.4 Å². The predicted octanol–water partition coefficient (Wildman–Crippen LogP) is 3.14. The second-order valence-electron chi connectivity index (χ2n) is 6.27. The molecule has 1 aromatic carbocycles. The molecule has 2 aromatic heterocycles. The minimum Gasteiger partial charge on any atom is -0.486 e. The van der Waals surface area contributed by atoms with Crippen molar-refractivity contribution in [2.75, 3.05) is 19.8 Å². The van der Waals surface area contributed by atoms with Crippen LogP contribution in [0.1, 0.15) is 24.1 Å². The third kappa shape index (κ3) is 2.41. The molecular weight excluding hydrogens is 302 g/mol. The van der Waals surface area contributed by atoms with Gasteiger partial charge in [0.1, 0.15) is 18.9 Å². The molecule has 0 bridgehead atoms. The summed E-state index contributed by atoms with van der Waals surface area (Å²) in [6, 6.07) is 10.2. The maximum Gasteiger partial charge on any atom is 0.162 e. The van der Waals surface area contributed by atoms with Crippen molar-refractivity contribution >= 4 is 5.65 Å². The van der Waals surface area contributed by atoms with Crippen LogP contribution in [0.2, 0.25) is 0 Å². The number of hydrogen-bond acceptors (Lipinski definition) is 4. The summed E-state index contributed by atoms with van der Waals surface area (Å²) in [7, 11) is 0. The summed E-state index contributed by atoms with van der Waals surface area (Å²) in [5, 5.41) is 0. The second kappa shape index (κ2) is 5.83. The third-order valence-electron chi connectivity index (χ3n) is 4.45. The molecule has 0 amide bonds. The Morgan fingerprint density at radius 2 is 1.96 bits per heavy atom. The number of benzene rings is 1. The fourth-order valence-corrected chi connectivity index (χ4v) is 3.15. The fraction of sp³-hybridized carbons (Fsp3) is 0.316. The van der Waals surface area contributed by atoms with Crippen LogP contribution in [-0.2, 0) is 0 Å². The minimum absolute atomic E-state index is 0.200. The SMILES string of the molecule is Cc1ccn2c(C(C)CN)c(-c3ccc4c(c3)OCCO4)nc2c1. The Kier molecular flexibility index (Phi) is 3.65. The van der Waals surface area contributed by atoms with Crippen LogP contribution in [0.4, 0.5) is 0 Å². The van der Waals surface area contributed by atoms with E-state index in [1.54, 1.807) is 0 Å². The number of imidazole rings is 1. The molecule has 5 heteroatoms. The first-order chi connectivity index (χ1) is 11.7. The van der Waals surface area contributed by atoms with Gasteiger partial charge >= 0.3 is 0 Å². The van der Waals surface area contributed by atoms with Crippen LogP contribution in [0.25, 0.3) is 16.9 Å². The van der Waals surface area contributed by atoms with E-state index in [1.807, 2.05) is 18.2 Å². The van der Waals surface area contributed by atoms with E-state index < -0.39 is 0 Å². The Morgan fingerprint density at radius 1 is 1.17 bits per heavy atom. The lowest BCUT2D eigenvalue weighted by atomic mass is 10.0. The lowest BCUT2D eigenvalue weighted by Crippen LogP contribution is -2.15. The summed E-state index contributed by atoms with van der Waals surface area (Å²) < 4.78 is 13.5. The molecule has 1 aliphatic heterocycles. The average molecular weight is 323 g/mol. The number of fused-ring (bicyclic) bond motifs is 2. The Labute approximate surface area is 141 Å². The van der Waals surface area contributed by atoms with Crippen LogP contribution in [0.15, 0.2) is 36.5 Å². The number of pyridine rings is 1. The van der Waals surface area contributed by atoms with Crippen molar-refractivity contribution < 1.29 is 9.47 Å². The van der Waals surface area contributed by atoms with Gasteiger partial charge in [0.2, 0.25) is 0 Å². The third-order valence-corrected chi connectivity index (χ3v) is 4.45. The zero-order valence-electron chi connectivity index (χ0n) is 14.0. The molecule has 24 heavy (non-hydrogen) atoms. The molecule has 0 spiro atoms. The van der Waals surface area contributed by atoms with E-state index in [0.29, 0.717) is 19.8 Å². The van der Waals surface area contributed by atoms with Crippen LogP contribution in [0, 0.1) is 6.92 Å². The topological polar surface area (TPSA) is 61.8 Å². The van der Waals surface area contributed by atoms with Gasteiger partial charge in [-0.1, -0.05) is 6.92 Å².